The normalized spacial score (nSPS) is 14.7. The van der Waals surface area contributed by atoms with E-state index >= 15 is 0 Å². The number of nitrogen functional groups attached to an aromatic ring is 1. The second-order valence-corrected chi connectivity index (χ2v) is 5.15. The molecule has 1 aliphatic carbocycles. The molecule has 0 heterocycles. The lowest BCUT2D eigenvalue weighted by Crippen LogP contribution is -2.20. The lowest BCUT2D eigenvalue weighted by molar-refractivity contribution is -0.120. The Morgan fingerprint density at radius 1 is 1.45 bits per heavy atom. The first kappa shape index (κ1) is 14.7. The maximum atomic E-state index is 11.8. The molecule has 1 aromatic carbocycles. The number of benzene rings is 1. The summed E-state index contributed by atoms with van der Waals surface area (Å²) in [6, 6.07) is 5.11. The van der Waals surface area contributed by atoms with Crippen LogP contribution in [-0.2, 0) is 9.53 Å². The summed E-state index contributed by atoms with van der Waals surface area (Å²) >= 11 is 0. The smallest absolute Gasteiger partial charge is 0.250 e. The van der Waals surface area contributed by atoms with Gasteiger partial charge in [0.05, 0.1) is 12.8 Å². The SMILES string of the molecule is COc1cc(N)ccc1NC(=O)COCCC1CCC1. The van der Waals surface area contributed by atoms with E-state index in [-0.39, 0.29) is 12.5 Å². The molecule has 1 aliphatic rings. The number of rotatable bonds is 7. The van der Waals surface area contributed by atoms with Gasteiger partial charge in [0, 0.05) is 18.4 Å². The van der Waals surface area contributed by atoms with Crippen molar-refractivity contribution in [3.63, 3.8) is 0 Å². The van der Waals surface area contributed by atoms with E-state index in [1.54, 1.807) is 25.3 Å². The van der Waals surface area contributed by atoms with Crippen molar-refractivity contribution in [3.05, 3.63) is 18.2 Å². The first-order valence-electron chi connectivity index (χ1n) is 7.00. The number of carbonyl (C=O) groups excluding carboxylic acids is 1. The molecule has 5 heteroatoms. The van der Waals surface area contributed by atoms with Crippen LogP contribution in [0.2, 0.25) is 0 Å². The van der Waals surface area contributed by atoms with Gasteiger partial charge in [-0.15, -0.1) is 0 Å². The van der Waals surface area contributed by atoms with Crippen LogP contribution in [0.1, 0.15) is 25.7 Å². The summed E-state index contributed by atoms with van der Waals surface area (Å²) in [6.45, 7) is 0.719. The summed E-state index contributed by atoms with van der Waals surface area (Å²) in [4.78, 5) is 11.8. The maximum Gasteiger partial charge on any atom is 0.250 e. The number of nitrogens with one attached hydrogen (secondary N) is 1. The van der Waals surface area contributed by atoms with Crippen molar-refractivity contribution < 1.29 is 14.3 Å². The van der Waals surface area contributed by atoms with Gasteiger partial charge in [0.2, 0.25) is 5.91 Å². The van der Waals surface area contributed by atoms with Gasteiger partial charge in [-0.2, -0.15) is 0 Å². The minimum absolute atomic E-state index is 0.0697. The summed E-state index contributed by atoms with van der Waals surface area (Å²) in [5, 5.41) is 2.76. The van der Waals surface area contributed by atoms with Crippen molar-refractivity contribution in [1.82, 2.24) is 0 Å². The summed E-state index contributed by atoms with van der Waals surface area (Å²) in [6.07, 6.45) is 5.00. The van der Waals surface area contributed by atoms with Crippen molar-refractivity contribution in [3.8, 4) is 5.75 Å². The van der Waals surface area contributed by atoms with Gasteiger partial charge in [-0.25, -0.2) is 0 Å². The molecule has 1 saturated carbocycles. The Labute approximate surface area is 119 Å². The molecule has 0 unspecified atom stereocenters. The molecule has 1 amide bonds. The third-order valence-electron chi connectivity index (χ3n) is 3.63. The molecule has 0 spiro atoms. The number of ether oxygens (including phenoxy) is 2. The predicted octanol–water partition coefficient (Wildman–Crippen LogP) is 2.42. The molecule has 0 atom stereocenters. The fourth-order valence-electron chi connectivity index (χ4n) is 2.19. The van der Waals surface area contributed by atoms with E-state index in [1.165, 1.54) is 19.3 Å². The Balaban J connectivity index is 1.73. The molecule has 0 aliphatic heterocycles. The molecule has 1 aromatic rings. The maximum absolute atomic E-state index is 11.8. The lowest BCUT2D eigenvalue weighted by Gasteiger charge is -2.24. The van der Waals surface area contributed by atoms with Crippen LogP contribution in [-0.4, -0.2) is 26.2 Å². The number of carbonyl (C=O) groups is 1. The Hall–Kier alpha value is -1.75. The van der Waals surface area contributed by atoms with E-state index in [0.29, 0.717) is 23.7 Å². The zero-order valence-corrected chi connectivity index (χ0v) is 11.9. The van der Waals surface area contributed by atoms with Crippen LogP contribution in [0, 0.1) is 5.92 Å². The van der Waals surface area contributed by atoms with Gasteiger partial charge in [-0.05, 0) is 24.5 Å². The monoisotopic (exact) mass is 278 g/mol. The number of nitrogens with two attached hydrogens (primary N) is 1. The third kappa shape index (κ3) is 4.13. The molecule has 0 bridgehead atoms. The van der Waals surface area contributed by atoms with Gasteiger partial charge in [-0.1, -0.05) is 19.3 Å². The van der Waals surface area contributed by atoms with E-state index in [0.717, 1.165) is 12.3 Å². The van der Waals surface area contributed by atoms with Gasteiger partial charge in [-0.3, -0.25) is 4.79 Å². The Bertz CT molecular complexity index is 458. The Morgan fingerprint density at radius 2 is 2.25 bits per heavy atom. The minimum Gasteiger partial charge on any atom is -0.494 e. The topological polar surface area (TPSA) is 73.6 Å². The predicted molar refractivity (Wildman–Crippen MR) is 78.8 cm³/mol. The van der Waals surface area contributed by atoms with Crippen molar-refractivity contribution in [2.75, 3.05) is 31.4 Å². The van der Waals surface area contributed by atoms with Gasteiger partial charge >= 0.3 is 0 Å². The molecule has 110 valence electrons. The van der Waals surface area contributed by atoms with Gasteiger partial charge < -0.3 is 20.5 Å². The van der Waals surface area contributed by atoms with Crippen molar-refractivity contribution in [2.24, 2.45) is 5.92 Å². The fourth-order valence-corrected chi connectivity index (χ4v) is 2.19. The summed E-state index contributed by atoms with van der Waals surface area (Å²) in [5.41, 5.74) is 6.86. The fraction of sp³-hybridized carbons (Fsp3) is 0.533. The van der Waals surface area contributed by atoms with Crippen LogP contribution >= 0.6 is 0 Å². The lowest BCUT2D eigenvalue weighted by atomic mass is 9.83. The summed E-state index contributed by atoms with van der Waals surface area (Å²) in [5.74, 6) is 1.17. The second-order valence-electron chi connectivity index (χ2n) is 5.15. The number of anilines is 2. The van der Waals surface area contributed by atoms with Gasteiger partial charge in [0.25, 0.3) is 0 Å². The largest absolute Gasteiger partial charge is 0.494 e. The van der Waals surface area contributed by atoms with E-state index in [1.807, 2.05) is 0 Å². The minimum atomic E-state index is -0.179. The van der Waals surface area contributed by atoms with Crippen molar-refractivity contribution in [1.29, 1.82) is 0 Å². The van der Waals surface area contributed by atoms with Crippen LogP contribution in [0.25, 0.3) is 0 Å². The molecule has 0 saturated heterocycles. The standard InChI is InChI=1S/C15H22N2O3/c1-19-14-9-12(16)5-6-13(14)17-15(18)10-20-8-7-11-3-2-4-11/h5-6,9,11H,2-4,7-8,10,16H2,1H3,(H,17,18). The molecule has 20 heavy (non-hydrogen) atoms. The van der Waals surface area contributed by atoms with Crippen LogP contribution < -0.4 is 15.8 Å². The van der Waals surface area contributed by atoms with Crippen molar-refractivity contribution in [2.45, 2.75) is 25.7 Å². The molecule has 3 N–H and O–H groups in total. The molecule has 5 nitrogen and oxygen atoms in total. The molecular weight excluding hydrogens is 256 g/mol. The number of hydrogen-bond donors (Lipinski definition) is 2. The molecule has 0 radical (unpaired) electrons. The van der Waals surface area contributed by atoms with Crippen LogP contribution in [0.3, 0.4) is 0 Å². The second kappa shape index (κ2) is 7.14. The van der Waals surface area contributed by atoms with Crippen LogP contribution in [0.4, 0.5) is 11.4 Å². The van der Waals surface area contributed by atoms with E-state index < -0.39 is 0 Å². The first-order chi connectivity index (χ1) is 9.69. The summed E-state index contributed by atoms with van der Waals surface area (Å²) < 4.78 is 10.6. The van der Waals surface area contributed by atoms with Crippen LogP contribution in [0.15, 0.2) is 18.2 Å². The Morgan fingerprint density at radius 3 is 2.90 bits per heavy atom. The summed E-state index contributed by atoms with van der Waals surface area (Å²) in [7, 11) is 1.54. The Kier molecular flexibility index (Phi) is 5.24. The van der Waals surface area contributed by atoms with E-state index in [2.05, 4.69) is 5.32 Å². The first-order valence-corrected chi connectivity index (χ1v) is 7.00. The highest BCUT2D eigenvalue weighted by Gasteiger charge is 2.16. The number of hydrogen-bond acceptors (Lipinski definition) is 4. The quantitative estimate of drug-likeness (QED) is 0.593. The van der Waals surface area contributed by atoms with Gasteiger partial charge in [0.15, 0.2) is 0 Å². The molecule has 1 fully saturated rings. The van der Waals surface area contributed by atoms with Gasteiger partial charge in [0.1, 0.15) is 12.4 Å². The van der Waals surface area contributed by atoms with E-state index in [4.69, 9.17) is 15.2 Å². The van der Waals surface area contributed by atoms with Crippen molar-refractivity contribution >= 4 is 17.3 Å². The number of methoxy groups -OCH3 is 1. The molecular formula is C15H22N2O3. The van der Waals surface area contributed by atoms with Crippen LogP contribution in [0.5, 0.6) is 5.75 Å². The molecule has 0 aromatic heterocycles. The highest BCUT2D eigenvalue weighted by Crippen LogP contribution is 2.29. The van der Waals surface area contributed by atoms with E-state index in [9.17, 15) is 4.79 Å². The highest BCUT2D eigenvalue weighted by molar-refractivity contribution is 5.93. The highest BCUT2D eigenvalue weighted by atomic mass is 16.5. The zero-order chi connectivity index (χ0) is 14.4. The zero-order valence-electron chi connectivity index (χ0n) is 11.9. The average molecular weight is 278 g/mol. The number of amides is 1. The third-order valence-corrected chi connectivity index (χ3v) is 3.63. The average Bonchev–Trinajstić information content (AvgIpc) is 2.38. The molecule has 2 rings (SSSR count).